The van der Waals surface area contributed by atoms with Crippen molar-refractivity contribution in [2.24, 2.45) is 7.05 Å². The highest BCUT2D eigenvalue weighted by Crippen LogP contribution is 2.32. The second kappa shape index (κ2) is 4.07. The number of hydrogen-bond acceptors (Lipinski definition) is 2. The predicted octanol–water partition coefficient (Wildman–Crippen LogP) is 3.22. The third-order valence-corrected chi connectivity index (χ3v) is 3.13. The van der Waals surface area contributed by atoms with Crippen LogP contribution in [0.2, 0.25) is 5.02 Å². The van der Waals surface area contributed by atoms with E-state index in [1.807, 2.05) is 0 Å². The number of nitrogens with two attached hydrogens (primary N) is 1. The van der Waals surface area contributed by atoms with Gasteiger partial charge in [-0.1, -0.05) is 11.6 Å². The van der Waals surface area contributed by atoms with Gasteiger partial charge >= 0.3 is 0 Å². The molecule has 1 aromatic heterocycles. The summed E-state index contributed by atoms with van der Waals surface area (Å²) in [7, 11) is 1.74. The van der Waals surface area contributed by atoms with E-state index < -0.39 is 5.82 Å². The molecule has 1 aromatic carbocycles. The van der Waals surface area contributed by atoms with Crippen LogP contribution in [0.3, 0.4) is 0 Å². The number of aryl methyl sites for hydroxylation is 1. The fraction of sp³-hybridized carbons (Fsp3) is 0.100. The van der Waals surface area contributed by atoms with E-state index in [1.54, 1.807) is 24.0 Å². The third kappa shape index (κ3) is 1.81. The Morgan fingerprint density at radius 2 is 2.19 bits per heavy atom. The lowest BCUT2D eigenvalue weighted by Crippen LogP contribution is -1.98. The van der Waals surface area contributed by atoms with Gasteiger partial charge < -0.3 is 5.73 Å². The zero-order chi connectivity index (χ0) is 11.9. The minimum absolute atomic E-state index is 0.0487. The molecule has 2 N–H and O–H groups in total. The molecular weight excluding hydrogens is 296 g/mol. The average Bonchev–Trinajstić information content (AvgIpc) is 2.56. The molecule has 0 atom stereocenters. The lowest BCUT2D eigenvalue weighted by Gasteiger charge is -2.04. The Morgan fingerprint density at radius 1 is 1.50 bits per heavy atom. The molecule has 0 radical (unpaired) electrons. The summed E-state index contributed by atoms with van der Waals surface area (Å²) in [6.07, 6.45) is 1.62. The van der Waals surface area contributed by atoms with Crippen molar-refractivity contribution in [3.05, 3.63) is 33.6 Å². The number of aromatic nitrogens is 2. The van der Waals surface area contributed by atoms with Crippen LogP contribution in [0.5, 0.6) is 0 Å². The van der Waals surface area contributed by atoms with Crippen molar-refractivity contribution < 1.29 is 4.39 Å². The molecule has 0 aliphatic rings. The Hall–Kier alpha value is -1.07. The van der Waals surface area contributed by atoms with Crippen molar-refractivity contribution in [3.63, 3.8) is 0 Å². The average molecular weight is 305 g/mol. The highest BCUT2D eigenvalue weighted by molar-refractivity contribution is 9.10. The normalized spacial score (nSPS) is 10.8. The Kier molecular flexibility index (Phi) is 2.90. The van der Waals surface area contributed by atoms with Gasteiger partial charge in [0.05, 0.1) is 15.7 Å². The van der Waals surface area contributed by atoms with Crippen LogP contribution in [0.25, 0.3) is 11.1 Å². The van der Waals surface area contributed by atoms with Crippen LogP contribution in [-0.2, 0) is 7.05 Å². The first-order chi connectivity index (χ1) is 7.50. The zero-order valence-corrected chi connectivity index (χ0v) is 10.7. The Balaban J connectivity index is 2.61. The van der Waals surface area contributed by atoms with Crippen molar-refractivity contribution in [2.45, 2.75) is 0 Å². The predicted molar refractivity (Wildman–Crippen MR) is 65.7 cm³/mol. The number of benzene rings is 1. The second-order valence-electron chi connectivity index (χ2n) is 3.32. The lowest BCUT2D eigenvalue weighted by molar-refractivity contribution is 0.622. The summed E-state index contributed by atoms with van der Waals surface area (Å²) in [5.41, 5.74) is 7.27. The molecule has 2 rings (SSSR count). The summed E-state index contributed by atoms with van der Waals surface area (Å²) < 4.78 is 15.1. The van der Waals surface area contributed by atoms with Crippen LogP contribution >= 0.6 is 27.5 Å². The molecule has 1 heterocycles. The SMILES string of the molecule is Cn1ncc(-c2cc(Cl)c(F)c(Br)c2)c1N. The van der Waals surface area contributed by atoms with Crippen LogP contribution in [0.15, 0.2) is 22.8 Å². The standard InChI is InChI=1S/C10H8BrClFN3/c1-16-10(14)6(4-15-16)5-2-7(11)9(13)8(12)3-5/h2-4H,14H2,1H3. The van der Waals surface area contributed by atoms with E-state index in [2.05, 4.69) is 21.0 Å². The van der Waals surface area contributed by atoms with Crippen molar-refractivity contribution in [1.29, 1.82) is 0 Å². The summed E-state index contributed by atoms with van der Waals surface area (Å²) in [6.45, 7) is 0. The van der Waals surface area contributed by atoms with Gasteiger partial charge in [-0.2, -0.15) is 5.10 Å². The van der Waals surface area contributed by atoms with Gasteiger partial charge in [0.15, 0.2) is 5.82 Å². The summed E-state index contributed by atoms with van der Waals surface area (Å²) in [4.78, 5) is 0. The number of nitrogen functional groups attached to an aromatic ring is 1. The van der Waals surface area contributed by atoms with E-state index >= 15 is 0 Å². The van der Waals surface area contributed by atoms with Crippen LogP contribution in [0.1, 0.15) is 0 Å². The molecule has 0 spiro atoms. The third-order valence-electron chi connectivity index (χ3n) is 2.28. The maximum atomic E-state index is 13.3. The van der Waals surface area contributed by atoms with Gasteiger partial charge in [0, 0.05) is 12.6 Å². The summed E-state index contributed by atoms with van der Waals surface area (Å²) in [6, 6.07) is 3.14. The first kappa shape index (κ1) is 11.4. The van der Waals surface area contributed by atoms with E-state index in [-0.39, 0.29) is 5.02 Å². The Bertz CT molecular complexity index is 530. The highest BCUT2D eigenvalue weighted by atomic mass is 79.9. The van der Waals surface area contributed by atoms with Crippen molar-refractivity contribution in [1.82, 2.24) is 9.78 Å². The zero-order valence-electron chi connectivity index (χ0n) is 8.34. The van der Waals surface area contributed by atoms with Gasteiger partial charge in [-0.3, -0.25) is 4.68 Å². The minimum Gasteiger partial charge on any atom is -0.383 e. The molecule has 2 aromatic rings. The Morgan fingerprint density at radius 3 is 2.69 bits per heavy atom. The summed E-state index contributed by atoms with van der Waals surface area (Å²) in [5.74, 6) is 0.0300. The van der Waals surface area contributed by atoms with Crippen LogP contribution in [0.4, 0.5) is 10.2 Å². The monoisotopic (exact) mass is 303 g/mol. The van der Waals surface area contributed by atoms with Crippen LogP contribution < -0.4 is 5.73 Å². The summed E-state index contributed by atoms with van der Waals surface area (Å²) in [5, 5.41) is 4.06. The summed E-state index contributed by atoms with van der Waals surface area (Å²) >= 11 is 8.85. The molecule has 0 amide bonds. The topological polar surface area (TPSA) is 43.8 Å². The second-order valence-corrected chi connectivity index (χ2v) is 4.58. The molecule has 0 saturated heterocycles. The first-order valence-electron chi connectivity index (χ1n) is 4.43. The number of halogens is 3. The quantitative estimate of drug-likeness (QED) is 0.822. The number of anilines is 1. The molecule has 0 bridgehead atoms. The van der Waals surface area contributed by atoms with Gasteiger partial charge in [0.25, 0.3) is 0 Å². The molecule has 0 aliphatic carbocycles. The van der Waals surface area contributed by atoms with E-state index in [0.29, 0.717) is 10.3 Å². The molecular formula is C10H8BrClFN3. The molecule has 16 heavy (non-hydrogen) atoms. The van der Waals surface area contributed by atoms with Gasteiger partial charge in [-0.25, -0.2) is 4.39 Å². The number of rotatable bonds is 1. The van der Waals surface area contributed by atoms with Gasteiger partial charge in [0.1, 0.15) is 5.82 Å². The van der Waals surface area contributed by atoms with E-state index in [4.69, 9.17) is 17.3 Å². The first-order valence-corrected chi connectivity index (χ1v) is 5.60. The van der Waals surface area contributed by atoms with E-state index in [9.17, 15) is 4.39 Å². The maximum absolute atomic E-state index is 13.3. The van der Waals surface area contributed by atoms with Crippen molar-refractivity contribution in [2.75, 3.05) is 5.73 Å². The van der Waals surface area contributed by atoms with Gasteiger partial charge in [0.2, 0.25) is 0 Å². The van der Waals surface area contributed by atoms with Crippen LogP contribution in [-0.4, -0.2) is 9.78 Å². The number of nitrogens with zero attached hydrogens (tertiary/aromatic N) is 2. The molecule has 0 fully saturated rings. The van der Waals surface area contributed by atoms with E-state index in [1.165, 1.54) is 6.07 Å². The molecule has 0 unspecified atom stereocenters. The largest absolute Gasteiger partial charge is 0.383 e. The fourth-order valence-corrected chi connectivity index (χ4v) is 2.17. The Labute approximate surface area is 105 Å². The van der Waals surface area contributed by atoms with Crippen molar-refractivity contribution >= 4 is 33.3 Å². The highest BCUT2D eigenvalue weighted by Gasteiger charge is 2.12. The van der Waals surface area contributed by atoms with E-state index in [0.717, 1.165) is 11.1 Å². The van der Waals surface area contributed by atoms with Gasteiger partial charge in [-0.15, -0.1) is 0 Å². The van der Waals surface area contributed by atoms with Crippen LogP contribution in [0, 0.1) is 5.82 Å². The van der Waals surface area contributed by atoms with Crippen molar-refractivity contribution in [3.8, 4) is 11.1 Å². The molecule has 3 nitrogen and oxygen atoms in total. The number of hydrogen-bond donors (Lipinski definition) is 1. The smallest absolute Gasteiger partial charge is 0.155 e. The molecule has 0 aliphatic heterocycles. The molecule has 84 valence electrons. The molecule has 6 heteroatoms. The van der Waals surface area contributed by atoms with Gasteiger partial charge in [-0.05, 0) is 33.6 Å². The fourth-order valence-electron chi connectivity index (χ4n) is 1.38. The lowest BCUT2D eigenvalue weighted by atomic mass is 10.1. The maximum Gasteiger partial charge on any atom is 0.155 e. The minimum atomic E-state index is -0.479. The molecule has 0 saturated carbocycles.